The van der Waals surface area contributed by atoms with Gasteiger partial charge in [0, 0.05) is 0 Å². The molecule has 2 rings (SSSR count). The standard InChI is InChI=1S/C13H19NO/c14-10-9-13(15-12-7-4-8-12)11-5-2-1-3-6-11/h1-3,5-6,12-13H,4,7-10,14H2. The van der Waals surface area contributed by atoms with E-state index in [4.69, 9.17) is 10.5 Å². The second kappa shape index (κ2) is 5.29. The minimum atomic E-state index is 0.196. The molecule has 1 aliphatic carbocycles. The van der Waals surface area contributed by atoms with Crippen LogP contribution in [0.15, 0.2) is 30.3 Å². The zero-order chi connectivity index (χ0) is 10.5. The van der Waals surface area contributed by atoms with Gasteiger partial charge in [-0.25, -0.2) is 0 Å². The van der Waals surface area contributed by atoms with Crippen molar-refractivity contribution in [3.05, 3.63) is 35.9 Å². The van der Waals surface area contributed by atoms with Gasteiger partial charge in [-0.05, 0) is 37.8 Å². The molecule has 0 aromatic heterocycles. The van der Waals surface area contributed by atoms with Crippen molar-refractivity contribution in [1.29, 1.82) is 0 Å². The summed E-state index contributed by atoms with van der Waals surface area (Å²) in [6, 6.07) is 10.4. The first-order chi connectivity index (χ1) is 7.40. The second-order valence-corrected chi connectivity index (χ2v) is 4.17. The summed E-state index contributed by atoms with van der Waals surface area (Å²) in [7, 11) is 0. The Morgan fingerprint density at radius 3 is 2.53 bits per heavy atom. The van der Waals surface area contributed by atoms with E-state index < -0.39 is 0 Å². The van der Waals surface area contributed by atoms with E-state index in [1.165, 1.54) is 24.8 Å². The fourth-order valence-corrected chi connectivity index (χ4v) is 1.87. The van der Waals surface area contributed by atoms with Crippen LogP contribution in [0.25, 0.3) is 0 Å². The van der Waals surface area contributed by atoms with Crippen LogP contribution in [0.5, 0.6) is 0 Å². The maximum atomic E-state index is 6.03. The molecule has 0 spiro atoms. The van der Waals surface area contributed by atoms with E-state index in [0.717, 1.165) is 6.42 Å². The summed E-state index contributed by atoms with van der Waals surface area (Å²) in [6.07, 6.45) is 5.33. The predicted molar refractivity (Wildman–Crippen MR) is 61.6 cm³/mol. The first-order valence-electron chi connectivity index (χ1n) is 5.80. The van der Waals surface area contributed by atoms with Crippen LogP contribution in [0.3, 0.4) is 0 Å². The Hall–Kier alpha value is -0.860. The van der Waals surface area contributed by atoms with Crippen LogP contribution in [0.1, 0.15) is 37.4 Å². The van der Waals surface area contributed by atoms with E-state index in [0.29, 0.717) is 12.6 Å². The van der Waals surface area contributed by atoms with Gasteiger partial charge >= 0.3 is 0 Å². The van der Waals surface area contributed by atoms with Crippen LogP contribution in [-0.4, -0.2) is 12.6 Å². The lowest BCUT2D eigenvalue weighted by Crippen LogP contribution is -2.25. The van der Waals surface area contributed by atoms with Crippen LogP contribution in [-0.2, 0) is 4.74 Å². The third-order valence-electron chi connectivity index (χ3n) is 3.01. The summed E-state index contributed by atoms with van der Waals surface area (Å²) in [5, 5.41) is 0. The highest BCUT2D eigenvalue weighted by atomic mass is 16.5. The molecule has 2 nitrogen and oxygen atoms in total. The van der Waals surface area contributed by atoms with E-state index in [9.17, 15) is 0 Å². The van der Waals surface area contributed by atoms with Crippen molar-refractivity contribution < 1.29 is 4.74 Å². The molecule has 82 valence electrons. The van der Waals surface area contributed by atoms with Gasteiger partial charge in [0.2, 0.25) is 0 Å². The SMILES string of the molecule is NCCC(OC1CCC1)c1ccccc1. The predicted octanol–water partition coefficient (Wildman–Crippen LogP) is 2.65. The number of nitrogens with two attached hydrogens (primary N) is 1. The summed E-state index contributed by atoms with van der Waals surface area (Å²) >= 11 is 0. The highest BCUT2D eigenvalue weighted by molar-refractivity contribution is 5.17. The Bertz CT molecular complexity index is 282. The molecular formula is C13H19NO. The maximum Gasteiger partial charge on any atom is 0.0840 e. The molecule has 0 heterocycles. The molecule has 0 saturated heterocycles. The van der Waals surface area contributed by atoms with Crippen molar-refractivity contribution in [2.45, 2.75) is 37.9 Å². The first-order valence-corrected chi connectivity index (χ1v) is 5.80. The zero-order valence-electron chi connectivity index (χ0n) is 9.06. The molecule has 1 fully saturated rings. The molecule has 1 aliphatic rings. The van der Waals surface area contributed by atoms with E-state index in [1.54, 1.807) is 0 Å². The van der Waals surface area contributed by atoms with Gasteiger partial charge in [0.15, 0.2) is 0 Å². The average Bonchev–Trinajstić information content (AvgIpc) is 2.23. The topological polar surface area (TPSA) is 35.2 Å². The third-order valence-corrected chi connectivity index (χ3v) is 3.01. The Morgan fingerprint density at radius 1 is 1.27 bits per heavy atom. The summed E-state index contributed by atoms with van der Waals surface area (Å²) in [4.78, 5) is 0. The highest BCUT2D eigenvalue weighted by Crippen LogP contribution is 2.30. The molecule has 1 unspecified atom stereocenters. The van der Waals surface area contributed by atoms with Crippen LogP contribution >= 0.6 is 0 Å². The number of hydrogen-bond donors (Lipinski definition) is 1. The summed E-state index contributed by atoms with van der Waals surface area (Å²) < 4.78 is 6.03. The van der Waals surface area contributed by atoms with E-state index in [2.05, 4.69) is 24.3 Å². The van der Waals surface area contributed by atoms with Crippen molar-refractivity contribution in [3.63, 3.8) is 0 Å². The molecule has 0 aliphatic heterocycles. The van der Waals surface area contributed by atoms with Gasteiger partial charge in [-0.3, -0.25) is 0 Å². The lowest BCUT2D eigenvalue weighted by molar-refractivity contribution is -0.0552. The van der Waals surface area contributed by atoms with Gasteiger partial charge in [0.05, 0.1) is 12.2 Å². The molecule has 15 heavy (non-hydrogen) atoms. The van der Waals surface area contributed by atoms with Crippen molar-refractivity contribution in [2.75, 3.05) is 6.54 Å². The number of benzene rings is 1. The summed E-state index contributed by atoms with van der Waals surface area (Å²) in [5.41, 5.74) is 6.88. The van der Waals surface area contributed by atoms with Gasteiger partial charge < -0.3 is 10.5 Å². The van der Waals surface area contributed by atoms with Crippen molar-refractivity contribution >= 4 is 0 Å². The number of rotatable bonds is 5. The lowest BCUT2D eigenvalue weighted by Gasteiger charge is -2.30. The minimum Gasteiger partial charge on any atom is -0.370 e. The lowest BCUT2D eigenvalue weighted by atomic mass is 9.95. The molecule has 1 aromatic rings. The van der Waals surface area contributed by atoms with Crippen LogP contribution in [0.2, 0.25) is 0 Å². The molecule has 0 bridgehead atoms. The first kappa shape index (κ1) is 10.7. The van der Waals surface area contributed by atoms with Gasteiger partial charge in [-0.1, -0.05) is 30.3 Å². The van der Waals surface area contributed by atoms with E-state index in [-0.39, 0.29) is 6.10 Å². The summed E-state index contributed by atoms with van der Waals surface area (Å²) in [5.74, 6) is 0. The van der Waals surface area contributed by atoms with Crippen molar-refractivity contribution in [2.24, 2.45) is 5.73 Å². The Kier molecular flexibility index (Phi) is 3.75. The van der Waals surface area contributed by atoms with Crippen molar-refractivity contribution in [1.82, 2.24) is 0 Å². The normalized spacial score (nSPS) is 18.5. The molecule has 0 radical (unpaired) electrons. The van der Waals surface area contributed by atoms with E-state index >= 15 is 0 Å². The van der Waals surface area contributed by atoms with Crippen LogP contribution in [0.4, 0.5) is 0 Å². The number of hydrogen-bond acceptors (Lipinski definition) is 2. The second-order valence-electron chi connectivity index (χ2n) is 4.17. The fraction of sp³-hybridized carbons (Fsp3) is 0.538. The molecule has 0 amide bonds. The van der Waals surface area contributed by atoms with Gasteiger partial charge in [0.1, 0.15) is 0 Å². The monoisotopic (exact) mass is 205 g/mol. The molecular weight excluding hydrogens is 186 g/mol. The fourth-order valence-electron chi connectivity index (χ4n) is 1.87. The average molecular weight is 205 g/mol. The van der Waals surface area contributed by atoms with Crippen LogP contribution in [0, 0.1) is 0 Å². The third kappa shape index (κ3) is 2.80. The molecule has 1 saturated carbocycles. The van der Waals surface area contributed by atoms with Gasteiger partial charge in [-0.2, -0.15) is 0 Å². The minimum absolute atomic E-state index is 0.196. The smallest absolute Gasteiger partial charge is 0.0840 e. The van der Waals surface area contributed by atoms with Gasteiger partial charge in [0.25, 0.3) is 0 Å². The zero-order valence-corrected chi connectivity index (χ0v) is 9.06. The number of ether oxygens (including phenoxy) is 1. The molecule has 1 atom stereocenters. The molecule has 1 aromatic carbocycles. The van der Waals surface area contributed by atoms with Gasteiger partial charge in [-0.15, -0.1) is 0 Å². The quantitative estimate of drug-likeness (QED) is 0.802. The Morgan fingerprint density at radius 2 is 2.00 bits per heavy atom. The maximum absolute atomic E-state index is 6.03. The van der Waals surface area contributed by atoms with Crippen LogP contribution < -0.4 is 5.73 Å². The summed E-state index contributed by atoms with van der Waals surface area (Å²) in [6.45, 7) is 0.687. The largest absolute Gasteiger partial charge is 0.370 e. The Balaban J connectivity index is 1.98. The Labute approximate surface area is 91.4 Å². The molecule has 2 N–H and O–H groups in total. The van der Waals surface area contributed by atoms with Crippen molar-refractivity contribution in [3.8, 4) is 0 Å². The highest BCUT2D eigenvalue weighted by Gasteiger charge is 2.22. The molecule has 2 heteroatoms. The van der Waals surface area contributed by atoms with E-state index in [1.807, 2.05) is 6.07 Å².